The molecule has 3 aromatic rings. The van der Waals surface area contributed by atoms with E-state index in [2.05, 4.69) is 17.2 Å². The van der Waals surface area contributed by atoms with Crippen LogP contribution in [0.4, 0.5) is 11.4 Å². The second-order valence-corrected chi connectivity index (χ2v) is 6.74. The van der Waals surface area contributed by atoms with Crippen molar-refractivity contribution in [2.75, 3.05) is 11.1 Å². The van der Waals surface area contributed by atoms with Crippen LogP contribution in [0.2, 0.25) is 0 Å². The molecule has 134 valence electrons. The molecule has 0 atom stereocenters. The van der Waals surface area contributed by atoms with E-state index in [1.54, 1.807) is 0 Å². The van der Waals surface area contributed by atoms with E-state index in [9.17, 15) is 14.7 Å². The van der Waals surface area contributed by atoms with E-state index in [0.717, 1.165) is 23.9 Å². The van der Waals surface area contributed by atoms with Gasteiger partial charge >= 0.3 is 5.97 Å². The molecule has 1 amide bonds. The van der Waals surface area contributed by atoms with Gasteiger partial charge in [-0.2, -0.15) is 0 Å². The van der Waals surface area contributed by atoms with Crippen LogP contribution in [0.5, 0.6) is 5.75 Å². The number of carbonyl (C=O) groups is 2. The van der Waals surface area contributed by atoms with E-state index in [4.69, 9.17) is 10.8 Å². The Bertz CT molecular complexity index is 1010. The van der Waals surface area contributed by atoms with Crippen molar-refractivity contribution < 1.29 is 19.8 Å². The van der Waals surface area contributed by atoms with Crippen molar-refractivity contribution in [3.05, 3.63) is 46.5 Å². The topological polar surface area (TPSA) is 126 Å². The van der Waals surface area contributed by atoms with E-state index in [1.807, 2.05) is 12.1 Å². The van der Waals surface area contributed by atoms with Crippen molar-refractivity contribution in [3.8, 4) is 5.75 Å². The number of carboxylic acid groups (broad SMARTS) is 1. The van der Waals surface area contributed by atoms with Crippen molar-refractivity contribution >= 4 is 44.8 Å². The molecule has 0 spiro atoms. The highest BCUT2D eigenvalue weighted by Crippen LogP contribution is 2.33. The highest BCUT2D eigenvalue weighted by Gasteiger charge is 2.19. The predicted molar refractivity (Wildman–Crippen MR) is 101 cm³/mol. The maximum Gasteiger partial charge on any atom is 0.339 e. The van der Waals surface area contributed by atoms with Crippen LogP contribution in [-0.2, 0) is 6.42 Å². The highest BCUT2D eigenvalue weighted by atomic mass is 32.1. The minimum Gasteiger partial charge on any atom is -0.507 e. The van der Waals surface area contributed by atoms with Crippen LogP contribution in [0, 0.1) is 0 Å². The number of nitrogens with two attached hydrogens (primary N) is 1. The fraction of sp³-hybridized carbons (Fsp3) is 0.167. The Morgan fingerprint density at radius 3 is 2.73 bits per heavy atom. The zero-order chi connectivity index (χ0) is 18.8. The molecule has 2 aromatic heterocycles. The number of carboxylic acids is 1. The first-order valence-corrected chi connectivity index (χ1v) is 8.78. The van der Waals surface area contributed by atoms with Gasteiger partial charge in [0.05, 0.1) is 5.69 Å². The van der Waals surface area contributed by atoms with E-state index in [1.165, 1.54) is 29.5 Å². The highest BCUT2D eigenvalue weighted by molar-refractivity contribution is 7.21. The molecule has 0 radical (unpaired) electrons. The van der Waals surface area contributed by atoms with E-state index in [-0.39, 0.29) is 17.0 Å². The van der Waals surface area contributed by atoms with Crippen LogP contribution < -0.4 is 11.1 Å². The first-order chi connectivity index (χ1) is 12.4. The molecule has 0 saturated carbocycles. The van der Waals surface area contributed by atoms with Gasteiger partial charge in [0.25, 0.3) is 5.91 Å². The molecule has 0 aliphatic heterocycles. The molecule has 0 aliphatic rings. The molecule has 0 bridgehead atoms. The van der Waals surface area contributed by atoms with Gasteiger partial charge in [-0.3, -0.25) is 4.79 Å². The molecule has 3 rings (SSSR count). The second-order valence-electron chi connectivity index (χ2n) is 5.74. The third kappa shape index (κ3) is 3.31. The summed E-state index contributed by atoms with van der Waals surface area (Å²) in [6.07, 6.45) is 1.82. The number of hydrogen-bond acceptors (Lipinski definition) is 6. The van der Waals surface area contributed by atoms with Crippen LogP contribution in [0.1, 0.15) is 39.1 Å². The van der Waals surface area contributed by atoms with Crippen molar-refractivity contribution in [1.82, 2.24) is 4.98 Å². The zero-order valence-corrected chi connectivity index (χ0v) is 14.8. The standard InChI is InChI=1S/C18H17N3O4S/c1-2-3-9-4-6-11-14(19)15(26-17(11)21-9)16(23)20-10-5-7-13(22)12(8-10)18(24)25/h4-8,22H,2-3,19H2,1H3,(H,20,23)(H,24,25). The smallest absolute Gasteiger partial charge is 0.339 e. The summed E-state index contributed by atoms with van der Waals surface area (Å²) in [5.74, 6) is -2.11. The van der Waals surface area contributed by atoms with Crippen LogP contribution in [-0.4, -0.2) is 27.1 Å². The number of benzene rings is 1. The van der Waals surface area contributed by atoms with Crippen molar-refractivity contribution in [3.63, 3.8) is 0 Å². The Balaban J connectivity index is 1.91. The first kappa shape index (κ1) is 17.7. The largest absolute Gasteiger partial charge is 0.507 e. The van der Waals surface area contributed by atoms with Gasteiger partial charge in [0.15, 0.2) is 0 Å². The number of aromatic hydroxyl groups is 1. The summed E-state index contributed by atoms with van der Waals surface area (Å²) in [6, 6.07) is 7.58. The van der Waals surface area contributed by atoms with Gasteiger partial charge in [0.1, 0.15) is 21.0 Å². The maximum absolute atomic E-state index is 12.6. The molecule has 7 nitrogen and oxygen atoms in total. The maximum atomic E-state index is 12.6. The normalized spacial score (nSPS) is 10.8. The number of nitrogen functional groups attached to an aromatic ring is 1. The number of thiophene rings is 1. The molecular weight excluding hydrogens is 354 g/mol. The van der Waals surface area contributed by atoms with Crippen molar-refractivity contribution in [2.45, 2.75) is 19.8 Å². The molecule has 5 N–H and O–H groups in total. The number of hydrogen-bond donors (Lipinski definition) is 4. The summed E-state index contributed by atoms with van der Waals surface area (Å²) in [6.45, 7) is 2.07. The lowest BCUT2D eigenvalue weighted by atomic mass is 10.1. The van der Waals surface area contributed by atoms with Gasteiger partial charge in [0, 0.05) is 16.8 Å². The molecule has 0 unspecified atom stereocenters. The third-order valence-corrected chi connectivity index (χ3v) is 4.96. The minimum absolute atomic E-state index is 0.252. The van der Waals surface area contributed by atoms with Gasteiger partial charge in [0.2, 0.25) is 0 Å². The Kier molecular flexibility index (Phi) is 4.77. The Labute approximate surface area is 153 Å². The lowest BCUT2D eigenvalue weighted by Gasteiger charge is -2.06. The zero-order valence-electron chi connectivity index (χ0n) is 13.9. The number of carbonyl (C=O) groups excluding carboxylic acids is 1. The molecule has 0 aliphatic carbocycles. The van der Waals surface area contributed by atoms with Gasteiger partial charge < -0.3 is 21.3 Å². The van der Waals surface area contributed by atoms with E-state index < -0.39 is 11.9 Å². The number of aromatic carboxylic acids is 1. The van der Waals surface area contributed by atoms with Crippen molar-refractivity contribution in [1.29, 1.82) is 0 Å². The molecule has 0 fully saturated rings. The average molecular weight is 371 g/mol. The molecule has 8 heteroatoms. The summed E-state index contributed by atoms with van der Waals surface area (Å²) in [5, 5.41) is 21.9. The molecule has 26 heavy (non-hydrogen) atoms. The minimum atomic E-state index is -1.28. The summed E-state index contributed by atoms with van der Waals surface area (Å²) in [7, 11) is 0. The SMILES string of the molecule is CCCc1ccc2c(N)c(C(=O)Nc3ccc(O)c(C(=O)O)c3)sc2n1. The molecule has 1 aromatic carbocycles. The molecule has 0 saturated heterocycles. The summed E-state index contributed by atoms with van der Waals surface area (Å²) in [4.78, 5) is 29.2. The molecular formula is C18H17N3O4S. The predicted octanol–water partition coefficient (Wildman–Crippen LogP) is 3.49. The first-order valence-electron chi connectivity index (χ1n) is 7.96. The number of fused-ring (bicyclic) bond motifs is 1. The lowest BCUT2D eigenvalue weighted by Crippen LogP contribution is -2.12. The number of aromatic nitrogens is 1. The fourth-order valence-corrected chi connectivity index (χ4v) is 3.58. The van der Waals surface area contributed by atoms with Crippen LogP contribution in [0.15, 0.2) is 30.3 Å². The van der Waals surface area contributed by atoms with Gasteiger partial charge in [-0.25, -0.2) is 9.78 Å². The number of nitrogens with zero attached hydrogens (tertiary/aromatic N) is 1. The van der Waals surface area contributed by atoms with Crippen molar-refractivity contribution in [2.24, 2.45) is 0 Å². The number of anilines is 2. The van der Waals surface area contributed by atoms with Crippen LogP contribution in [0.25, 0.3) is 10.2 Å². The number of rotatable bonds is 5. The van der Waals surface area contributed by atoms with E-state index in [0.29, 0.717) is 15.4 Å². The fourth-order valence-electron chi connectivity index (χ4n) is 2.57. The van der Waals surface area contributed by atoms with Gasteiger partial charge in [-0.15, -0.1) is 11.3 Å². The van der Waals surface area contributed by atoms with Gasteiger partial charge in [-0.1, -0.05) is 13.3 Å². The van der Waals surface area contributed by atoms with Gasteiger partial charge in [-0.05, 0) is 36.8 Å². The molecule has 2 heterocycles. The lowest BCUT2D eigenvalue weighted by molar-refractivity contribution is 0.0693. The average Bonchev–Trinajstić information content (AvgIpc) is 2.93. The van der Waals surface area contributed by atoms with Crippen LogP contribution >= 0.6 is 11.3 Å². The Morgan fingerprint density at radius 2 is 2.04 bits per heavy atom. The summed E-state index contributed by atoms with van der Waals surface area (Å²) < 4.78 is 0. The Hall–Kier alpha value is -3.13. The monoisotopic (exact) mass is 371 g/mol. The Morgan fingerprint density at radius 1 is 1.27 bits per heavy atom. The quantitative estimate of drug-likeness (QED) is 0.509. The summed E-state index contributed by atoms with van der Waals surface area (Å²) in [5.41, 5.74) is 7.34. The number of nitrogens with one attached hydrogen (secondary N) is 1. The number of phenols is 1. The third-order valence-electron chi connectivity index (χ3n) is 3.85. The second kappa shape index (κ2) is 7.01. The van der Waals surface area contributed by atoms with Crippen LogP contribution in [0.3, 0.4) is 0 Å². The number of amides is 1. The number of pyridine rings is 1. The summed E-state index contributed by atoms with van der Waals surface area (Å²) >= 11 is 1.19. The number of aryl methyl sites for hydroxylation is 1. The van der Waals surface area contributed by atoms with E-state index >= 15 is 0 Å².